The summed E-state index contributed by atoms with van der Waals surface area (Å²) in [6.07, 6.45) is 0.644. The third-order valence-electron chi connectivity index (χ3n) is 1.17. The van der Waals surface area contributed by atoms with E-state index in [-0.39, 0.29) is 44.5 Å². The summed E-state index contributed by atoms with van der Waals surface area (Å²) in [6, 6.07) is 0. The van der Waals surface area contributed by atoms with Gasteiger partial charge in [0.05, 0.1) is 0 Å². The van der Waals surface area contributed by atoms with E-state index in [4.69, 9.17) is 11.6 Å². The molecule has 1 radical (unpaired) electrons. The van der Waals surface area contributed by atoms with Crippen molar-refractivity contribution in [3.63, 3.8) is 0 Å². The second-order valence-electron chi connectivity index (χ2n) is 1.97. The van der Waals surface area contributed by atoms with Gasteiger partial charge < -0.3 is 17.0 Å². The predicted octanol–water partition coefficient (Wildman–Crippen LogP) is 0.0522. The van der Waals surface area contributed by atoms with Crippen molar-refractivity contribution >= 4 is 5.91 Å². The van der Waals surface area contributed by atoms with E-state index >= 15 is 0 Å². The van der Waals surface area contributed by atoms with Crippen LogP contribution in [-0.2, 0) is 37.5 Å². The Labute approximate surface area is 85.9 Å². The number of carbonyl (C=O) groups excluding carboxylic acids is 1. The molecule has 0 aliphatic rings. The van der Waals surface area contributed by atoms with Crippen LogP contribution in [0.15, 0.2) is 0 Å². The average molecular weight is 219 g/mol. The molecule has 0 aliphatic heterocycles. The Morgan fingerprint density at radius 2 is 2.30 bits per heavy atom. The Morgan fingerprint density at radius 1 is 1.80 bits per heavy atom. The van der Waals surface area contributed by atoms with Gasteiger partial charge in [-0.05, 0) is 13.0 Å². The van der Waals surface area contributed by atoms with E-state index in [1.165, 1.54) is 0 Å². The number of amides is 1. The Kier molecular flexibility index (Phi) is 9.96. The molecule has 0 aromatic carbocycles. The maximum Gasteiger partial charge on any atom is 0.205 e. The molecule has 0 aromatic rings. The van der Waals surface area contributed by atoms with E-state index < -0.39 is 0 Å². The fourth-order valence-corrected chi connectivity index (χ4v) is 0.504. The first-order chi connectivity index (χ1) is 4.22. The molecule has 0 fully saturated rings. The van der Waals surface area contributed by atoms with Crippen LogP contribution in [0.4, 0.5) is 0 Å². The normalized spacial score (nSPS) is 11.5. The number of hydrogen-bond acceptors (Lipinski definition) is 2. The average Bonchev–Trinajstić information content (AvgIpc) is 1.87. The van der Waals surface area contributed by atoms with Crippen LogP contribution >= 0.6 is 0 Å². The summed E-state index contributed by atoms with van der Waals surface area (Å²) in [6.45, 7) is 2.24. The van der Waals surface area contributed by atoms with Crippen LogP contribution in [0.5, 0.6) is 0 Å². The Hall–Kier alpha value is 0.494. The van der Waals surface area contributed by atoms with Crippen LogP contribution in [-0.4, -0.2) is 12.5 Å². The minimum absolute atomic E-state index is 0. The number of nitrogens with one attached hydrogen (secondary N) is 2. The van der Waals surface area contributed by atoms with Crippen molar-refractivity contribution in [1.29, 1.82) is 0 Å². The van der Waals surface area contributed by atoms with Crippen molar-refractivity contribution in [2.75, 3.05) is 6.54 Å². The topological polar surface area (TPSA) is 78.9 Å². The van der Waals surface area contributed by atoms with E-state index in [0.717, 1.165) is 0 Å². The number of rotatable bonds is 3. The second-order valence-corrected chi connectivity index (χ2v) is 1.97. The molecular formula is C5H12N3OY-. The van der Waals surface area contributed by atoms with Crippen LogP contribution in [0, 0.1) is 5.92 Å². The summed E-state index contributed by atoms with van der Waals surface area (Å²) in [4.78, 5) is 10.5. The zero-order valence-corrected chi connectivity index (χ0v) is 8.89. The molecule has 0 saturated heterocycles. The number of carbonyl (C=O) groups is 1. The van der Waals surface area contributed by atoms with E-state index in [0.29, 0.717) is 13.0 Å². The van der Waals surface area contributed by atoms with Gasteiger partial charge in [0, 0.05) is 38.6 Å². The zero-order chi connectivity index (χ0) is 7.28. The van der Waals surface area contributed by atoms with Gasteiger partial charge in [0.2, 0.25) is 5.91 Å². The minimum atomic E-state index is -0.263. The van der Waals surface area contributed by atoms with Gasteiger partial charge >= 0.3 is 0 Å². The third-order valence-corrected chi connectivity index (χ3v) is 1.17. The van der Waals surface area contributed by atoms with Gasteiger partial charge in [0.25, 0.3) is 0 Å². The first-order valence-electron chi connectivity index (χ1n) is 2.89. The molecule has 10 heavy (non-hydrogen) atoms. The van der Waals surface area contributed by atoms with Crippen molar-refractivity contribution in [3.05, 3.63) is 5.84 Å². The molecular weight excluding hydrogens is 207 g/mol. The molecule has 4 nitrogen and oxygen atoms in total. The van der Waals surface area contributed by atoms with Gasteiger partial charge in [-0.2, -0.15) is 0 Å². The molecule has 0 heterocycles. The smallest absolute Gasteiger partial charge is 0.205 e. The molecule has 1 amide bonds. The van der Waals surface area contributed by atoms with E-state index in [1.54, 1.807) is 12.3 Å². The molecule has 0 bridgehead atoms. The van der Waals surface area contributed by atoms with Gasteiger partial charge in [-0.3, -0.25) is 4.79 Å². The quantitative estimate of drug-likeness (QED) is 0.658. The van der Waals surface area contributed by atoms with Crippen LogP contribution in [0.1, 0.15) is 13.3 Å². The molecule has 0 aromatic heterocycles. The van der Waals surface area contributed by atoms with Crippen LogP contribution in [0.3, 0.4) is 0 Å². The molecule has 4 N–H and O–H groups in total. The fraction of sp³-hybridized carbons (Fsp3) is 0.800. The predicted molar refractivity (Wildman–Crippen MR) is 35.3 cm³/mol. The second kappa shape index (κ2) is 7.60. The zero-order valence-electron chi connectivity index (χ0n) is 6.05. The van der Waals surface area contributed by atoms with E-state index in [2.05, 4.69) is 0 Å². The van der Waals surface area contributed by atoms with Gasteiger partial charge in [-0.25, -0.2) is 0 Å². The first-order valence-corrected chi connectivity index (χ1v) is 2.89. The maximum atomic E-state index is 10.5. The summed E-state index contributed by atoms with van der Waals surface area (Å²) < 4.78 is 0. The molecule has 0 rings (SSSR count). The molecule has 0 aliphatic carbocycles. The summed E-state index contributed by atoms with van der Waals surface area (Å²) in [7, 11) is 0. The third kappa shape index (κ3) is 5.29. The first kappa shape index (κ1) is 13.1. The number of nitrogens with two attached hydrogens (primary N) is 1. The van der Waals surface area contributed by atoms with Crippen molar-refractivity contribution in [2.45, 2.75) is 13.3 Å². The van der Waals surface area contributed by atoms with E-state index in [1.807, 2.05) is 0 Å². The van der Waals surface area contributed by atoms with Crippen molar-refractivity contribution in [3.8, 4) is 0 Å². The van der Waals surface area contributed by atoms with E-state index in [9.17, 15) is 4.79 Å². The SMILES string of the molecule is CC(CCN)C(=O)N[NH-].[Y]. The molecule has 0 spiro atoms. The number of hydrogen-bond donors (Lipinski definition) is 2. The molecule has 57 valence electrons. The van der Waals surface area contributed by atoms with Crippen molar-refractivity contribution in [1.82, 2.24) is 5.43 Å². The molecule has 1 atom stereocenters. The summed E-state index contributed by atoms with van der Waals surface area (Å²) in [5, 5.41) is 0. The van der Waals surface area contributed by atoms with Gasteiger partial charge in [-0.1, -0.05) is 6.92 Å². The van der Waals surface area contributed by atoms with Crippen molar-refractivity contribution < 1.29 is 37.5 Å². The molecule has 5 heteroatoms. The minimum Gasteiger partial charge on any atom is -0.584 e. The Morgan fingerprint density at radius 3 is 2.60 bits per heavy atom. The Balaban J connectivity index is 0. The largest absolute Gasteiger partial charge is 0.584 e. The molecule has 0 saturated carbocycles. The monoisotopic (exact) mass is 219 g/mol. The maximum absolute atomic E-state index is 10.5. The standard InChI is InChI=1S/C5H12N3O.Y/c1-4(2-3-6)5(9)8-7;/h4,7H,2-3,6H2,1H3,(H,8,9);/q-1;. The fourth-order valence-electron chi connectivity index (χ4n) is 0.504. The Bertz CT molecular complexity index is 98.9. The van der Waals surface area contributed by atoms with Gasteiger partial charge in [0.15, 0.2) is 0 Å². The molecule has 1 unspecified atom stereocenters. The van der Waals surface area contributed by atoms with Crippen molar-refractivity contribution in [2.24, 2.45) is 11.7 Å². The van der Waals surface area contributed by atoms with Gasteiger partial charge in [0.1, 0.15) is 0 Å². The van der Waals surface area contributed by atoms with Gasteiger partial charge in [-0.15, -0.1) is 0 Å². The van der Waals surface area contributed by atoms with Crippen LogP contribution < -0.4 is 11.2 Å². The summed E-state index contributed by atoms with van der Waals surface area (Å²) in [5.41, 5.74) is 6.99. The summed E-state index contributed by atoms with van der Waals surface area (Å²) >= 11 is 0. The summed E-state index contributed by atoms with van der Waals surface area (Å²) in [5.74, 6) is 6.08. The van der Waals surface area contributed by atoms with Crippen LogP contribution in [0.25, 0.3) is 5.84 Å². The van der Waals surface area contributed by atoms with Crippen LogP contribution in [0.2, 0.25) is 0 Å².